The average Bonchev–Trinajstić information content (AvgIpc) is 2.67. The number of ether oxygens (including phenoxy) is 2. The van der Waals surface area contributed by atoms with Crippen LogP contribution in [0.3, 0.4) is 0 Å². The zero-order valence-corrected chi connectivity index (χ0v) is 16.0. The Kier molecular flexibility index (Phi) is 5.49. The lowest BCUT2D eigenvalue weighted by Gasteiger charge is -2.12. The van der Waals surface area contributed by atoms with Gasteiger partial charge in [-0.15, -0.1) is 0 Å². The zero-order chi connectivity index (χ0) is 21.1. The van der Waals surface area contributed by atoms with Crippen LogP contribution in [0.25, 0.3) is 11.0 Å². The van der Waals surface area contributed by atoms with Crippen molar-refractivity contribution in [3.8, 4) is 11.5 Å². The third-order valence-electron chi connectivity index (χ3n) is 4.23. The number of amides is 1. The van der Waals surface area contributed by atoms with Crippen molar-refractivity contribution in [2.75, 3.05) is 19.0 Å². The quantitative estimate of drug-likeness (QED) is 0.382. The predicted molar refractivity (Wildman–Crippen MR) is 106 cm³/mol. The second kappa shape index (κ2) is 8.01. The number of anilines is 1. The van der Waals surface area contributed by atoms with Crippen LogP contribution in [-0.4, -0.2) is 24.5 Å². The highest BCUT2D eigenvalue weighted by Gasteiger charge is 2.25. The van der Waals surface area contributed by atoms with Gasteiger partial charge in [-0.25, -0.2) is 4.79 Å². The molecule has 29 heavy (non-hydrogen) atoms. The Morgan fingerprint density at radius 3 is 2.62 bits per heavy atom. The summed E-state index contributed by atoms with van der Waals surface area (Å²) in [4.78, 5) is 35.1. The van der Waals surface area contributed by atoms with Gasteiger partial charge in [-0.3, -0.25) is 14.9 Å². The third kappa shape index (κ3) is 4.03. The number of fused-ring (bicyclic) bond motifs is 1. The smallest absolute Gasteiger partial charge is 0.336 e. The van der Waals surface area contributed by atoms with Crippen LogP contribution in [-0.2, 0) is 0 Å². The Labute approximate surface area is 165 Å². The molecule has 2 aromatic carbocycles. The molecule has 0 aliphatic heterocycles. The van der Waals surface area contributed by atoms with E-state index in [0.29, 0.717) is 11.3 Å². The Bertz CT molecular complexity index is 1170. The van der Waals surface area contributed by atoms with E-state index in [1.165, 1.54) is 25.3 Å². The van der Waals surface area contributed by atoms with Crippen LogP contribution in [0.1, 0.15) is 22.8 Å². The first-order chi connectivity index (χ1) is 13.8. The summed E-state index contributed by atoms with van der Waals surface area (Å²) in [5.74, 6) is -0.351. The van der Waals surface area contributed by atoms with Crippen molar-refractivity contribution in [2.45, 2.75) is 13.8 Å². The Morgan fingerprint density at radius 2 is 1.97 bits per heavy atom. The standard InChI is InChI=1S/C20H18N2O7/c1-4-28-18-10-15(22(25)26)14(9-17(18)27-3)20(24)21-12-5-6-13-11(2)7-19(23)29-16(13)8-12/h5-10H,4H2,1-3H3,(H,21,24). The van der Waals surface area contributed by atoms with Gasteiger partial charge in [0, 0.05) is 29.3 Å². The van der Waals surface area contributed by atoms with Crippen molar-refractivity contribution < 1.29 is 23.6 Å². The molecule has 0 atom stereocenters. The van der Waals surface area contributed by atoms with Gasteiger partial charge in [-0.2, -0.15) is 0 Å². The molecule has 3 rings (SSSR count). The fourth-order valence-corrected chi connectivity index (χ4v) is 2.91. The lowest BCUT2D eigenvalue weighted by Crippen LogP contribution is -2.14. The molecule has 9 nitrogen and oxygen atoms in total. The first-order valence-corrected chi connectivity index (χ1v) is 8.69. The number of carbonyl (C=O) groups is 1. The highest BCUT2D eigenvalue weighted by molar-refractivity contribution is 6.08. The summed E-state index contributed by atoms with van der Waals surface area (Å²) in [7, 11) is 1.37. The van der Waals surface area contributed by atoms with Crippen LogP contribution >= 0.6 is 0 Å². The summed E-state index contributed by atoms with van der Waals surface area (Å²) < 4.78 is 15.7. The maximum atomic E-state index is 12.7. The number of nitro benzene ring substituents is 1. The predicted octanol–water partition coefficient (Wildman–Crippen LogP) is 3.67. The third-order valence-corrected chi connectivity index (χ3v) is 4.23. The normalized spacial score (nSPS) is 10.6. The Morgan fingerprint density at radius 1 is 1.21 bits per heavy atom. The van der Waals surface area contributed by atoms with Crippen molar-refractivity contribution >= 4 is 28.3 Å². The van der Waals surface area contributed by atoms with E-state index < -0.39 is 22.1 Å². The molecule has 0 fully saturated rings. The van der Waals surface area contributed by atoms with Crippen LogP contribution in [0, 0.1) is 17.0 Å². The molecule has 1 amide bonds. The molecule has 1 N–H and O–H groups in total. The van der Waals surface area contributed by atoms with Gasteiger partial charge in [-0.1, -0.05) is 0 Å². The molecule has 1 heterocycles. The van der Waals surface area contributed by atoms with E-state index in [-0.39, 0.29) is 23.7 Å². The Hall–Kier alpha value is -3.88. The van der Waals surface area contributed by atoms with E-state index in [0.717, 1.165) is 17.0 Å². The summed E-state index contributed by atoms with van der Waals surface area (Å²) in [5.41, 5.74) is 0.229. The number of aryl methyl sites for hydroxylation is 1. The lowest BCUT2D eigenvalue weighted by atomic mass is 10.1. The molecule has 0 unspecified atom stereocenters. The first-order valence-electron chi connectivity index (χ1n) is 8.69. The summed E-state index contributed by atoms with van der Waals surface area (Å²) >= 11 is 0. The number of methoxy groups -OCH3 is 1. The molecule has 150 valence electrons. The molecule has 3 aromatic rings. The molecule has 0 spiro atoms. The van der Waals surface area contributed by atoms with Gasteiger partial charge in [0.05, 0.1) is 24.7 Å². The largest absolute Gasteiger partial charge is 0.493 e. The van der Waals surface area contributed by atoms with Crippen molar-refractivity contribution in [3.63, 3.8) is 0 Å². The number of nitrogens with zero attached hydrogens (tertiary/aromatic N) is 1. The summed E-state index contributed by atoms with van der Waals surface area (Å²) in [5, 5.41) is 14.8. The van der Waals surface area contributed by atoms with Gasteiger partial charge in [-0.05, 0) is 31.5 Å². The summed E-state index contributed by atoms with van der Waals surface area (Å²) in [6.07, 6.45) is 0. The number of nitro groups is 1. The maximum Gasteiger partial charge on any atom is 0.336 e. The van der Waals surface area contributed by atoms with Crippen LogP contribution in [0.4, 0.5) is 11.4 Å². The van der Waals surface area contributed by atoms with E-state index in [1.807, 2.05) is 0 Å². The molecular weight excluding hydrogens is 380 g/mol. The van der Waals surface area contributed by atoms with Crippen LogP contribution in [0.2, 0.25) is 0 Å². The minimum absolute atomic E-state index is 0.168. The fourth-order valence-electron chi connectivity index (χ4n) is 2.91. The number of hydrogen-bond donors (Lipinski definition) is 1. The SMILES string of the molecule is CCOc1cc([N+](=O)[O-])c(C(=O)Nc2ccc3c(C)cc(=O)oc3c2)cc1OC. The van der Waals surface area contributed by atoms with Crippen LogP contribution < -0.4 is 20.4 Å². The average molecular weight is 398 g/mol. The highest BCUT2D eigenvalue weighted by atomic mass is 16.6. The van der Waals surface area contributed by atoms with E-state index in [2.05, 4.69) is 5.32 Å². The first kappa shape index (κ1) is 19.9. The highest BCUT2D eigenvalue weighted by Crippen LogP contribution is 2.35. The van der Waals surface area contributed by atoms with Crippen molar-refractivity contribution in [1.82, 2.24) is 0 Å². The molecule has 1 aromatic heterocycles. The number of benzene rings is 2. The van der Waals surface area contributed by atoms with Crippen LogP contribution in [0.15, 0.2) is 45.6 Å². The monoisotopic (exact) mass is 398 g/mol. The van der Waals surface area contributed by atoms with Gasteiger partial charge < -0.3 is 19.2 Å². The zero-order valence-electron chi connectivity index (χ0n) is 16.0. The molecule has 0 bridgehead atoms. The lowest BCUT2D eigenvalue weighted by molar-refractivity contribution is -0.385. The fraction of sp³-hybridized carbons (Fsp3) is 0.200. The summed E-state index contributed by atoms with van der Waals surface area (Å²) in [6, 6.07) is 8.57. The van der Waals surface area contributed by atoms with Crippen molar-refractivity contribution in [1.29, 1.82) is 0 Å². The van der Waals surface area contributed by atoms with Gasteiger partial charge in [0.25, 0.3) is 11.6 Å². The van der Waals surface area contributed by atoms with Crippen molar-refractivity contribution in [2.24, 2.45) is 0 Å². The van der Waals surface area contributed by atoms with Gasteiger partial charge in [0.2, 0.25) is 0 Å². The number of hydrogen-bond acceptors (Lipinski definition) is 7. The van der Waals surface area contributed by atoms with Crippen LogP contribution in [0.5, 0.6) is 11.5 Å². The van der Waals surface area contributed by atoms with E-state index in [4.69, 9.17) is 13.9 Å². The molecular formula is C20H18N2O7. The molecule has 0 saturated carbocycles. The number of carbonyl (C=O) groups excluding carboxylic acids is 1. The topological polar surface area (TPSA) is 121 Å². The second-order valence-corrected chi connectivity index (χ2v) is 6.12. The van der Waals surface area contributed by atoms with E-state index in [1.54, 1.807) is 26.0 Å². The minimum atomic E-state index is -0.715. The number of rotatable bonds is 6. The number of nitrogens with one attached hydrogen (secondary N) is 1. The maximum absolute atomic E-state index is 12.7. The van der Waals surface area contributed by atoms with Gasteiger partial charge in [0.1, 0.15) is 11.1 Å². The summed E-state index contributed by atoms with van der Waals surface area (Å²) in [6.45, 7) is 3.78. The van der Waals surface area contributed by atoms with Crippen molar-refractivity contribution in [3.05, 3.63) is 68.1 Å². The minimum Gasteiger partial charge on any atom is -0.493 e. The van der Waals surface area contributed by atoms with Gasteiger partial charge >= 0.3 is 5.63 Å². The van der Waals surface area contributed by atoms with E-state index in [9.17, 15) is 19.7 Å². The Balaban J connectivity index is 2.01. The second-order valence-electron chi connectivity index (χ2n) is 6.12. The van der Waals surface area contributed by atoms with E-state index >= 15 is 0 Å². The van der Waals surface area contributed by atoms with Gasteiger partial charge in [0.15, 0.2) is 11.5 Å². The molecule has 9 heteroatoms. The molecule has 0 radical (unpaired) electrons. The molecule has 0 aliphatic rings. The molecule has 0 saturated heterocycles. The molecule has 0 aliphatic carbocycles.